The first kappa shape index (κ1) is 10.5. The van der Waals surface area contributed by atoms with Gasteiger partial charge in [-0.3, -0.25) is 0 Å². The van der Waals surface area contributed by atoms with Gasteiger partial charge in [-0.05, 0) is 46.0 Å². The van der Waals surface area contributed by atoms with Crippen molar-refractivity contribution in [1.29, 1.82) is 0 Å². The molecule has 1 fully saturated rings. The quantitative estimate of drug-likeness (QED) is 0.874. The largest absolute Gasteiger partial charge is 0.321 e. The van der Waals surface area contributed by atoms with E-state index in [4.69, 9.17) is 17.3 Å². The minimum absolute atomic E-state index is 0.0954. The second-order valence-corrected chi connectivity index (χ2v) is 5.24. The molecule has 1 saturated carbocycles. The van der Waals surface area contributed by atoms with Crippen LogP contribution in [-0.4, -0.2) is 0 Å². The topological polar surface area (TPSA) is 26.0 Å². The van der Waals surface area contributed by atoms with Crippen molar-refractivity contribution < 1.29 is 0 Å². The fourth-order valence-electron chi connectivity index (χ4n) is 2.00. The summed E-state index contributed by atoms with van der Waals surface area (Å²) in [6, 6.07) is 5.97. The lowest BCUT2D eigenvalue weighted by molar-refractivity contribution is 0.615. The molecule has 1 aliphatic rings. The normalized spacial score (nSPS) is 30.4. The van der Waals surface area contributed by atoms with Gasteiger partial charge in [-0.2, -0.15) is 0 Å². The maximum absolute atomic E-state index is 6.28. The minimum atomic E-state index is -0.0954. The number of hydrogen-bond donors (Lipinski definition) is 1. The van der Waals surface area contributed by atoms with Crippen molar-refractivity contribution in [2.75, 3.05) is 0 Å². The Bertz CT molecular complexity index is 366. The van der Waals surface area contributed by atoms with Crippen molar-refractivity contribution in [3.8, 4) is 0 Å². The van der Waals surface area contributed by atoms with E-state index in [2.05, 4.69) is 22.9 Å². The average molecular weight is 275 g/mol. The molecule has 1 nitrogen and oxygen atoms in total. The van der Waals surface area contributed by atoms with E-state index in [9.17, 15) is 0 Å². The molecule has 2 atom stereocenters. The molecular weight excluding hydrogens is 261 g/mol. The van der Waals surface area contributed by atoms with E-state index in [0.717, 1.165) is 22.3 Å². The number of rotatable bonds is 2. The van der Waals surface area contributed by atoms with Crippen LogP contribution in [0.25, 0.3) is 0 Å². The van der Waals surface area contributed by atoms with Crippen molar-refractivity contribution in [2.45, 2.75) is 25.3 Å². The lowest BCUT2D eigenvalue weighted by Crippen LogP contribution is -2.21. The summed E-state index contributed by atoms with van der Waals surface area (Å²) in [6.45, 7) is 2.18. The van der Waals surface area contributed by atoms with Crippen molar-refractivity contribution >= 4 is 27.5 Å². The van der Waals surface area contributed by atoms with Crippen LogP contribution >= 0.6 is 27.5 Å². The number of nitrogens with two attached hydrogens (primary N) is 1. The van der Waals surface area contributed by atoms with Crippen LogP contribution in [0.1, 0.15) is 25.3 Å². The third-order valence-electron chi connectivity index (χ3n) is 3.10. The summed E-state index contributed by atoms with van der Waals surface area (Å²) >= 11 is 9.35. The van der Waals surface area contributed by atoms with E-state index < -0.39 is 0 Å². The van der Waals surface area contributed by atoms with Gasteiger partial charge in [0.15, 0.2) is 0 Å². The molecule has 14 heavy (non-hydrogen) atoms. The van der Waals surface area contributed by atoms with E-state index in [0.29, 0.717) is 5.92 Å². The Hall–Kier alpha value is -0.0500. The van der Waals surface area contributed by atoms with Crippen molar-refractivity contribution in [3.05, 3.63) is 33.3 Å². The highest BCUT2D eigenvalue weighted by molar-refractivity contribution is 9.10. The van der Waals surface area contributed by atoms with Crippen LogP contribution < -0.4 is 5.73 Å². The summed E-state index contributed by atoms with van der Waals surface area (Å²) in [5.41, 5.74) is 7.38. The van der Waals surface area contributed by atoms with Gasteiger partial charge in [-0.1, -0.05) is 31.0 Å². The van der Waals surface area contributed by atoms with Crippen LogP contribution in [0.15, 0.2) is 22.7 Å². The molecule has 1 aromatic carbocycles. The Morgan fingerprint density at radius 1 is 1.64 bits per heavy atom. The first-order valence-corrected chi connectivity index (χ1v) is 5.99. The fourth-order valence-corrected chi connectivity index (χ4v) is 2.49. The summed E-state index contributed by atoms with van der Waals surface area (Å²) in [4.78, 5) is 0. The maximum Gasteiger partial charge on any atom is 0.0548 e. The Labute approximate surface area is 97.8 Å². The Kier molecular flexibility index (Phi) is 2.63. The Balaban J connectivity index is 2.31. The van der Waals surface area contributed by atoms with Gasteiger partial charge in [0, 0.05) is 10.0 Å². The summed E-state index contributed by atoms with van der Waals surface area (Å²) in [6.07, 6.45) is 2.24. The molecule has 0 bridgehead atoms. The van der Waals surface area contributed by atoms with Crippen molar-refractivity contribution in [2.24, 2.45) is 11.7 Å². The van der Waals surface area contributed by atoms with Gasteiger partial charge in [0.25, 0.3) is 0 Å². The zero-order valence-electron chi connectivity index (χ0n) is 8.06. The minimum Gasteiger partial charge on any atom is -0.321 e. The summed E-state index contributed by atoms with van der Waals surface area (Å²) in [5.74, 6) is 0.635. The molecule has 2 N–H and O–H groups in total. The first-order chi connectivity index (χ1) is 6.58. The predicted molar refractivity (Wildman–Crippen MR) is 63.4 cm³/mol. The highest BCUT2D eigenvalue weighted by atomic mass is 79.9. The summed E-state index contributed by atoms with van der Waals surface area (Å²) < 4.78 is 0.934. The lowest BCUT2D eigenvalue weighted by atomic mass is 10.0. The molecule has 1 aromatic rings. The monoisotopic (exact) mass is 273 g/mol. The van der Waals surface area contributed by atoms with E-state index in [1.807, 2.05) is 18.2 Å². The highest BCUT2D eigenvalue weighted by Crippen LogP contribution is 2.52. The molecule has 0 heterocycles. The van der Waals surface area contributed by atoms with Gasteiger partial charge >= 0.3 is 0 Å². The zero-order chi connectivity index (χ0) is 10.3. The van der Waals surface area contributed by atoms with Gasteiger partial charge in [-0.15, -0.1) is 0 Å². The standard InChI is InChI=1S/C11H13BrClN/c1-2-7-6-11(7,14)8-3-4-10(13)9(12)5-8/h3-5,7H,2,6,14H2,1H3. The average Bonchev–Trinajstić information content (AvgIpc) is 2.83. The molecule has 3 heteroatoms. The van der Waals surface area contributed by atoms with Crippen LogP contribution in [0.2, 0.25) is 5.02 Å². The number of halogens is 2. The molecule has 1 aliphatic carbocycles. The van der Waals surface area contributed by atoms with Gasteiger partial charge in [0.2, 0.25) is 0 Å². The second kappa shape index (κ2) is 3.51. The van der Waals surface area contributed by atoms with Crippen molar-refractivity contribution in [1.82, 2.24) is 0 Å². The highest BCUT2D eigenvalue weighted by Gasteiger charge is 2.50. The maximum atomic E-state index is 6.28. The molecule has 0 aliphatic heterocycles. The molecule has 76 valence electrons. The molecule has 0 amide bonds. The molecule has 0 saturated heterocycles. The Morgan fingerprint density at radius 2 is 2.36 bits per heavy atom. The second-order valence-electron chi connectivity index (χ2n) is 3.98. The van der Waals surface area contributed by atoms with Crippen LogP contribution in [0.4, 0.5) is 0 Å². The van der Waals surface area contributed by atoms with E-state index >= 15 is 0 Å². The lowest BCUT2D eigenvalue weighted by Gasteiger charge is -2.12. The number of hydrogen-bond acceptors (Lipinski definition) is 1. The zero-order valence-corrected chi connectivity index (χ0v) is 10.4. The molecular formula is C11H13BrClN. The first-order valence-electron chi connectivity index (χ1n) is 4.82. The van der Waals surface area contributed by atoms with Crippen LogP contribution in [-0.2, 0) is 5.54 Å². The molecule has 2 unspecified atom stereocenters. The molecule has 0 aromatic heterocycles. The van der Waals surface area contributed by atoms with Gasteiger partial charge < -0.3 is 5.73 Å². The van der Waals surface area contributed by atoms with Crippen molar-refractivity contribution in [3.63, 3.8) is 0 Å². The smallest absolute Gasteiger partial charge is 0.0548 e. The summed E-state index contributed by atoms with van der Waals surface area (Å²) in [7, 11) is 0. The fraction of sp³-hybridized carbons (Fsp3) is 0.455. The van der Waals surface area contributed by atoms with E-state index in [-0.39, 0.29) is 5.54 Å². The summed E-state index contributed by atoms with van der Waals surface area (Å²) in [5, 5.41) is 0.742. The third-order valence-corrected chi connectivity index (χ3v) is 4.32. The molecule has 0 spiro atoms. The Morgan fingerprint density at radius 3 is 2.86 bits per heavy atom. The van der Waals surface area contributed by atoms with Crippen LogP contribution in [0, 0.1) is 5.92 Å². The van der Waals surface area contributed by atoms with Gasteiger partial charge in [-0.25, -0.2) is 0 Å². The van der Waals surface area contributed by atoms with Crippen LogP contribution in [0.3, 0.4) is 0 Å². The predicted octanol–water partition coefficient (Wildman–Crippen LogP) is 3.69. The van der Waals surface area contributed by atoms with Gasteiger partial charge in [0.1, 0.15) is 0 Å². The van der Waals surface area contributed by atoms with E-state index in [1.165, 1.54) is 5.56 Å². The van der Waals surface area contributed by atoms with E-state index in [1.54, 1.807) is 0 Å². The molecule has 0 radical (unpaired) electrons. The van der Waals surface area contributed by atoms with Gasteiger partial charge in [0.05, 0.1) is 5.02 Å². The SMILES string of the molecule is CCC1CC1(N)c1ccc(Cl)c(Br)c1. The molecule has 2 rings (SSSR count). The van der Waals surface area contributed by atoms with Crippen LogP contribution in [0.5, 0.6) is 0 Å². The number of benzene rings is 1. The third kappa shape index (κ3) is 1.60.